The molecule has 2 amide bonds. The molecule has 0 unspecified atom stereocenters. The van der Waals surface area contributed by atoms with Crippen LogP contribution in [0.4, 0.5) is 0 Å². The lowest BCUT2D eigenvalue weighted by molar-refractivity contribution is -0.143. The lowest BCUT2D eigenvalue weighted by Gasteiger charge is -2.32. The Kier molecular flexibility index (Phi) is 10.4. The molecular formula is C29H33BrN2O4. The van der Waals surface area contributed by atoms with Gasteiger partial charge in [0.2, 0.25) is 5.91 Å². The molecule has 7 heteroatoms. The minimum atomic E-state index is -0.702. The molecule has 0 spiro atoms. The number of carbonyl (C=O) groups is 2. The van der Waals surface area contributed by atoms with Gasteiger partial charge in [-0.2, -0.15) is 0 Å². The van der Waals surface area contributed by atoms with Crippen LogP contribution in [-0.4, -0.2) is 42.5 Å². The van der Waals surface area contributed by atoms with Crippen molar-refractivity contribution in [2.75, 3.05) is 13.7 Å². The summed E-state index contributed by atoms with van der Waals surface area (Å²) in [5, 5.41) is 3.07. The number of carbonyl (C=O) groups excluding carboxylic acids is 2. The van der Waals surface area contributed by atoms with Crippen molar-refractivity contribution >= 4 is 27.7 Å². The smallest absolute Gasteiger partial charge is 0.261 e. The predicted octanol–water partition coefficient (Wildman–Crippen LogP) is 5.39. The fourth-order valence-corrected chi connectivity index (χ4v) is 4.17. The molecule has 0 heterocycles. The highest BCUT2D eigenvalue weighted by Gasteiger charge is 2.31. The SMILES string of the molecule is CC[C@@H](C)NC(=O)[C@H](Cc1ccccc1)N(Cc1cccc(Br)c1)C(=O)COc1ccc(OC)cc1. The van der Waals surface area contributed by atoms with Gasteiger partial charge < -0.3 is 19.7 Å². The van der Waals surface area contributed by atoms with Crippen molar-refractivity contribution in [1.82, 2.24) is 10.2 Å². The number of ether oxygens (including phenoxy) is 2. The summed E-state index contributed by atoms with van der Waals surface area (Å²) in [6.07, 6.45) is 1.19. The van der Waals surface area contributed by atoms with Crippen LogP contribution in [0.15, 0.2) is 83.3 Å². The maximum absolute atomic E-state index is 13.6. The van der Waals surface area contributed by atoms with Gasteiger partial charge in [0.05, 0.1) is 7.11 Å². The van der Waals surface area contributed by atoms with Crippen molar-refractivity contribution < 1.29 is 19.1 Å². The van der Waals surface area contributed by atoms with E-state index >= 15 is 0 Å². The number of amides is 2. The number of rotatable bonds is 12. The Bertz CT molecular complexity index is 1120. The van der Waals surface area contributed by atoms with Gasteiger partial charge in [0.25, 0.3) is 5.91 Å². The van der Waals surface area contributed by atoms with Crippen LogP contribution in [0.25, 0.3) is 0 Å². The predicted molar refractivity (Wildman–Crippen MR) is 145 cm³/mol. The van der Waals surface area contributed by atoms with Gasteiger partial charge >= 0.3 is 0 Å². The fraction of sp³-hybridized carbons (Fsp3) is 0.310. The Morgan fingerprint density at radius 3 is 2.25 bits per heavy atom. The van der Waals surface area contributed by atoms with Crippen molar-refractivity contribution in [3.63, 3.8) is 0 Å². The van der Waals surface area contributed by atoms with Crippen LogP contribution in [0.3, 0.4) is 0 Å². The summed E-state index contributed by atoms with van der Waals surface area (Å²) in [6.45, 7) is 4.06. The molecule has 1 N–H and O–H groups in total. The number of halogens is 1. The summed E-state index contributed by atoms with van der Waals surface area (Å²) in [4.78, 5) is 28.7. The van der Waals surface area contributed by atoms with E-state index in [-0.39, 0.29) is 31.0 Å². The van der Waals surface area contributed by atoms with E-state index in [1.54, 1.807) is 36.3 Å². The molecule has 6 nitrogen and oxygen atoms in total. The van der Waals surface area contributed by atoms with Gasteiger partial charge in [0.1, 0.15) is 17.5 Å². The highest BCUT2D eigenvalue weighted by molar-refractivity contribution is 9.10. The first-order valence-corrected chi connectivity index (χ1v) is 12.8. The molecule has 0 fully saturated rings. The van der Waals surface area contributed by atoms with Crippen molar-refractivity contribution in [3.05, 3.63) is 94.5 Å². The Balaban J connectivity index is 1.89. The summed E-state index contributed by atoms with van der Waals surface area (Å²) >= 11 is 3.51. The first kappa shape index (κ1) is 27.3. The first-order valence-electron chi connectivity index (χ1n) is 12.0. The second-order valence-corrected chi connectivity index (χ2v) is 9.55. The summed E-state index contributed by atoms with van der Waals surface area (Å²) in [6, 6.07) is 23.8. The molecule has 0 aliphatic rings. The molecule has 0 aromatic heterocycles. The molecule has 3 aromatic rings. The Morgan fingerprint density at radius 2 is 1.61 bits per heavy atom. The van der Waals surface area contributed by atoms with Crippen molar-refractivity contribution in [1.29, 1.82) is 0 Å². The minimum Gasteiger partial charge on any atom is -0.497 e. The molecule has 3 aromatic carbocycles. The van der Waals surface area contributed by atoms with E-state index < -0.39 is 6.04 Å². The summed E-state index contributed by atoms with van der Waals surface area (Å²) in [7, 11) is 1.59. The van der Waals surface area contributed by atoms with E-state index in [0.717, 1.165) is 22.0 Å². The summed E-state index contributed by atoms with van der Waals surface area (Å²) in [5.74, 6) is 0.803. The molecule has 0 aliphatic heterocycles. The van der Waals surface area contributed by atoms with Gasteiger partial charge in [-0.15, -0.1) is 0 Å². The van der Waals surface area contributed by atoms with Crippen LogP contribution in [-0.2, 0) is 22.6 Å². The normalized spacial score (nSPS) is 12.3. The quantitative estimate of drug-likeness (QED) is 0.327. The summed E-state index contributed by atoms with van der Waals surface area (Å²) in [5.41, 5.74) is 1.89. The molecule has 0 radical (unpaired) electrons. The number of hydrogen-bond donors (Lipinski definition) is 1. The molecule has 36 heavy (non-hydrogen) atoms. The Morgan fingerprint density at radius 1 is 0.944 bits per heavy atom. The third-order valence-corrected chi connectivity index (χ3v) is 6.43. The maximum atomic E-state index is 13.6. The van der Waals surface area contributed by atoms with E-state index in [9.17, 15) is 9.59 Å². The molecule has 2 atom stereocenters. The van der Waals surface area contributed by atoms with E-state index in [2.05, 4.69) is 21.2 Å². The molecule has 0 bridgehead atoms. The second kappa shape index (κ2) is 13.7. The van der Waals surface area contributed by atoms with Crippen LogP contribution < -0.4 is 14.8 Å². The third kappa shape index (κ3) is 8.12. The van der Waals surface area contributed by atoms with E-state index in [1.165, 1.54) is 0 Å². The Labute approximate surface area is 221 Å². The van der Waals surface area contributed by atoms with Crippen LogP contribution >= 0.6 is 15.9 Å². The molecular weight excluding hydrogens is 520 g/mol. The molecule has 3 rings (SSSR count). The van der Waals surface area contributed by atoms with Gasteiger partial charge in [0.15, 0.2) is 6.61 Å². The van der Waals surface area contributed by atoms with Gasteiger partial charge in [-0.1, -0.05) is 65.3 Å². The van der Waals surface area contributed by atoms with Gasteiger partial charge in [-0.05, 0) is 60.9 Å². The molecule has 0 aliphatic carbocycles. The van der Waals surface area contributed by atoms with E-state index in [4.69, 9.17) is 9.47 Å². The molecule has 190 valence electrons. The fourth-order valence-electron chi connectivity index (χ4n) is 3.73. The first-order chi connectivity index (χ1) is 17.4. The minimum absolute atomic E-state index is 0.00542. The largest absolute Gasteiger partial charge is 0.497 e. The third-order valence-electron chi connectivity index (χ3n) is 5.94. The average Bonchev–Trinajstić information content (AvgIpc) is 2.90. The van der Waals surface area contributed by atoms with Gasteiger partial charge in [-0.25, -0.2) is 0 Å². The topological polar surface area (TPSA) is 67.9 Å². The number of nitrogens with one attached hydrogen (secondary N) is 1. The number of methoxy groups -OCH3 is 1. The highest BCUT2D eigenvalue weighted by atomic mass is 79.9. The summed E-state index contributed by atoms with van der Waals surface area (Å²) < 4.78 is 11.9. The lowest BCUT2D eigenvalue weighted by Crippen LogP contribution is -2.53. The molecule has 0 saturated carbocycles. The van der Waals surface area contributed by atoms with E-state index in [1.807, 2.05) is 68.4 Å². The second-order valence-electron chi connectivity index (χ2n) is 8.64. The van der Waals surface area contributed by atoms with Crippen LogP contribution in [0, 0.1) is 0 Å². The zero-order valence-corrected chi connectivity index (χ0v) is 22.5. The number of benzene rings is 3. The number of hydrogen-bond acceptors (Lipinski definition) is 4. The monoisotopic (exact) mass is 552 g/mol. The average molecular weight is 553 g/mol. The molecule has 0 saturated heterocycles. The zero-order valence-electron chi connectivity index (χ0n) is 20.9. The lowest BCUT2D eigenvalue weighted by atomic mass is 10.0. The van der Waals surface area contributed by atoms with Crippen molar-refractivity contribution in [2.24, 2.45) is 0 Å². The number of nitrogens with zero attached hydrogens (tertiary/aromatic N) is 1. The van der Waals surface area contributed by atoms with Crippen LogP contribution in [0.5, 0.6) is 11.5 Å². The Hall–Kier alpha value is -3.32. The van der Waals surface area contributed by atoms with Crippen molar-refractivity contribution in [2.45, 2.75) is 45.3 Å². The highest BCUT2D eigenvalue weighted by Crippen LogP contribution is 2.20. The van der Waals surface area contributed by atoms with Gasteiger partial charge in [-0.3, -0.25) is 9.59 Å². The standard InChI is InChI=1S/C29H33BrN2O4/c1-4-21(2)31-29(34)27(18-22-9-6-5-7-10-22)32(19-23-11-8-12-24(30)17-23)28(33)20-36-26-15-13-25(35-3)14-16-26/h5-17,21,27H,4,18-20H2,1-3H3,(H,31,34)/t21-,27+/m1/s1. The maximum Gasteiger partial charge on any atom is 0.261 e. The van der Waals surface area contributed by atoms with Crippen LogP contribution in [0.1, 0.15) is 31.4 Å². The van der Waals surface area contributed by atoms with E-state index in [0.29, 0.717) is 17.9 Å². The van der Waals surface area contributed by atoms with Gasteiger partial charge in [0, 0.05) is 23.5 Å². The zero-order chi connectivity index (χ0) is 25.9. The van der Waals surface area contributed by atoms with Crippen molar-refractivity contribution in [3.8, 4) is 11.5 Å². The van der Waals surface area contributed by atoms with Crippen LogP contribution in [0.2, 0.25) is 0 Å².